The lowest BCUT2D eigenvalue weighted by Crippen LogP contribution is -2.30. The fourth-order valence-electron chi connectivity index (χ4n) is 4.62. The minimum absolute atomic E-state index is 0.0423. The molecule has 0 unspecified atom stereocenters. The number of nitrogens with one attached hydrogen (secondary N) is 1. The first-order chi connectivity index (χ1) is 17.6. The van der Waals surface area contributed by atoms with Crippen LogP contribution in [-0.4, -0.2) is 52.9 Å². The van der Waals surface area contributed by atoms with Gasteiger partial charge in [0.1, 0.15) is 5.78 Å². The van der Waals surface area contributed by atoms with Gasteiger partial charge >= 0.3 is 12.0 Å². The van der Waals surface area contributed by atoms with E-state index in [0.717, 1.165) is 36.7 Å². The van der Waals surface area contributed by atoms with Gasteiger partial charge in [0, 0.05) is 29.9 Å². The molecule has 0 aromatic carbocycles. The normalized spacial score (nSPS) is 22.4. The summed E-state index contributed by atoms with van der Waals surface area (Å²) in [5.74, 6) is -0.720. The molecule has 6 nitrogen and oxygen atoms in total. The molecule has 1 aliphatic carbocycles. The average Bonchev–Trinajstić information content (AvgIpc) is 3.49. The number of carbonyl (C=O) groups excluding carboxylic acids is 2. The quantitative estimate of drug-likeness (QED) is 0.176. The number of nitrogens with zero attached hydrogens (tertiary/aromatic N) is 1. The second-order valence-corrected chi connectivity index (χ2v) is 12.2. The summed E-state index contributed by atoms with van der Waals surface area (Å²) >= 11 is 2.90. The highest BCUT2D eigenvalue weighted by Gasteiger charge is 2.33. The Hall–Kier alpha value is -1.69. The van der Waals surface area contributed by atoms with Gasteiger partial charge in [-0.15, -0.1) is 11.3 Å². The Balaban J connectivity index is 1.41. The predicted octanol–water partition coefficient (Wildman–Crippen LogP) is 5.93. The number of thioether (sulfide) groups is 1. The molecule has 1 aliphatic heterocycles. The maximum absolute atomic E-state index is 13.0. The number of ketones is 1. The molecule has 0 radical (unpaired) electrons. The van der Waals surface area contributed by atoms with Crippen LogP contribution < -0.4 is 5.32 Å². The molecule has 1 saturated heterocycles. The van der Waals surface area contributed by atoms with Crippen molar-refractivity contribution in [3.8, 4) is 0 Å². The van der Waals surface area contributed by atoms with Crippen LogP contribution in [0.1, 0.15) is 68.8 Å². The molecule has 206 valence electrons. The number of allylic oxidation sites excluding steroid dienone is 2. The summed E-state index contributed by atoms with van der Waals surface area (Å²) in [5.41, 5.74) is -0.995. The van der Waals surface area contributed by atoms with E-state index in [1.54, 1.807) is 11.5 Å². The van der Waals surface area contributed by atoms with Crippen molar-refractivity contribution in [1.29, 1.82) is 0 Å². The topological polar surface area (TPSA) is 88.5 Å². The maximum Gasteiger partial charge on any atom is 0.357 e. The third-order valence-electron chi connectivity index (χ3n) is 6.94. The van der Waals surface area contributed by atoms with Crippen LogP contribution in [0.15, 0.2) is 33.8 Å². The van der Waals surface area contributed by atoms with Crippen LogP contribution in [0.5, 0.6) is 0 Å². The van der Waals surface area contributed by atoms with Crippen LogP contribution in [0.2, 0.25) is 0 Å². The molecular weight excluding hydrogens is 525 g/mol. The first-order valence-electron chi connectivity index (χ1n) is 12.7. The highest BCUT2D eigenvalue weighted by atomic mass is 32.2. The number of piperidine rings is 1. The number of ether oxygens (including phenoxy) is 1. The van der Waals surface area contributed by atoms with E-state index in [2.05, 4.69) is 10.3 Å². The number of halogens is 3. The first kappa shape index (κ1) is 29.9. The van der Waals surface area contributed by atoms with Gasteiger partial charge in [0.25, 0.3) is 0 Å². The first-order valence-corrected chi connectivity index (χ1v) is 14.6. The van der Waals surface area contributed by atoms with E-state index in [1.807, 2.05) is 6.08 Å². The van der Waals surface area contributed by atoms with Crippen molar-refractivity contribution in [1.82, 2.24) is 10.3 Å². The summed E-state index contributed by atoms with van der Waals surface area (Å²) < 4.78 is 43.7. The largest absolute Gasteiger partial charge is 0.461 e. The number of esters is 1. The number of aromatic nitrogens is 1. The lowest BCUT2D eigenvalue weighted by Gasteiger charge is -2.21. The number of aliphatic hydroxyl groups is 1. The summed E-state index contributed by atoms with van der Waals surface area (Å²) in [5, 5.41) is 15.3. The fourth-order valence-corrected chi connectivity index (χ4v) is 6.51. The molecule has 2 fully saturated rings. The van der Waals surface area contributed by atoms with Gasteiger partial charge in [0.2, 0.25) is 0 Å². The van der Waals surface area contributed by atoms with Crippen molar-refractivity contribution in [3.63, 3.8) is 0 Å². The van der Waals surface area contributed by atoms with Gasteiger partial charge in [-0.05, 0) is 70.4 Å². The Morgan fingerprint density at radius 1 is 1.32 bits per heavy atom. The molecule has 0 bridgehead atoms. The molecule has 1 aromatic rings. The lowest BCUT2D eigenvalue weighted by atomic mass is 9.90. The number of hydrogen-bond donors (Lipinski definition) is 2. The van der Waals surface area contributed by atoms with Gasteiger partial charge in [0.15, 0.2) is 15.9 Å². The maximum atomic E-state index is 13.0. The Morgan fingerprint density at radius 3 is 2.81 bits per heavy atom. The van der Waals surface area contributed by atoms with Crippen LogP contribution in [0.3, 0.4) is 0 Å². The van der Waals surface area contributed by atoms with Gasteiger partial charge in [-0.3, -0.25) is 4.79 Å². The summed E-state index contributed by atoms with van der Waals surface area (Å²) in [6.45, 7) is 3.80. The number of thiazole rings is 1. The molecule has 0 amide bonds. The predicted molar refractivity (Wildman–Crippen MR) is 139 cm³/mol. The molecule has 1 saturated carbocycles. The van der Waals surface area contributed by atoms with Gasteiger partial charge in [-0.25, -0.2) is 14.2 Å². The summed E-state index contributed by atoms with van der Waals surface area (Å²) in [7, 11) is 0. The highest BCUT2D eigenvalue weighted by Crippen LogP contribution is 2.35. The Morgan fingerprint density at radius 2 is 2.08 bits per heavy atom. The molecule has 3 rings (SSSR count). The van der Waals surface area contributed by atoms with E-state index in [9.17, 15) is 27.9 Å². The van der Waals surface area contributed by atoms with Gasteiger partial charge in [-0.2, -0.15) is 8.78 Å². The zero-order valence-electron chi connectivity index (χ0n) is 21.0. The van der Waals surface area contributed by atoms with Gasteiger partial charge < -0.3 is 15.2 Å². The van der Waals surface area contributed by atoms with Crippen molar-refractivity contribution < 1.29 is 32.6 Å². The van der Waals surface area contributed by atoms with E-state index in [4.69, 9.17) is 4.74 Å². The number of rotatable bonds is 13. The van der Waals surface area contributed by atoms with Crippen molar-refractivity contribution in [2.45, 2.75) is 68.2 Å². The Labute approximate surface area is 224 Å². The fraction of sp³-hybridized carbons (Fsp3) is 0.654. The summed E-state index contributed by atoms with van der Waals surface area (Å²) in [6.07, 6.45) is 4.77. The zero-order valence-corrected chi connectivity index (χ0v) is 22.7. The smallest absolute Gasteiger partial charge is 0.357 e. The second-order valence-electron chi connectivity index (χ2n) is 10.00. The van der Waals surface area contributed by atoms with Crippen molar-refractivity contribution in [2.24, 2.45) is 17.8 Å². The summed E-state index contributed by atoms with van der Waals surface area (Å²) in [6, 6.07) is 0. The monoisotopic (exact) mass is 560 g/mol. The SMILES string of the molecule is C[C@@](O)(C/C=C/[C@@H]1CCC(=O)[C@@H]1CCSc1nc(C(=O)OCC2CCNCC2)cs1)CCC(F)=C(F)F. The molecule has 3 atom stereocenters. The minimum atomic E-state index is -2.35. The standard InChI is InChI=1S/C26H35F3N2O4S2/c1-26(34,11-6-20(27)23(28)29)10-2-3-18-4-5-22(32)19(18)9-14-36-25-31-21(16-37-25)24(33)35-15-17-7-12-30-13-8-17/h2-3,16-19,30,34H,4-15H2,1H3/b3-2+/t18-,19-,26-/m1/s1. The van der Waals surface area contributed by atoms with E-state index >= 15 is 0 Å². The Bertz CT molecular complexity index is 973. The molecule has 0 spiro atoms. The van der Waals surface area contributed by atoms with Crippen LogP contribution in [0.4, 0.5) is 13.2 Å². The van der Waals surface area contributed by atoms with Gasteiger partial charge in [0.05, 0.1) is 12.2 Å². The molecule has 11 heteroatoms. The van der Waals surface area contributed by atoms with Crippen LogP contribution in [0.25, 0.3) is 0 Å². The minimum Gasteiger partial charge on any atom is -0.461 e. The molecule has 2 heterocycles. The van der Waals surface area contributed by atoms with E-state index in [-0.39, 0.29) is 30.5 Å². The van der Waals surface area contributed by atoms with Crippen molar-refractivity contribution >= 4 is 34.9 Å². The van der Waals surface area contributed by atoms with Crippen LogP contribution in [0, 0.1) is 17.8 Å². The van der Waals surface area contributed by atoms with Crippen molar-refractivity contribution in [3.05, 3.63) is 35.1 Å². The zero-order chi connectivity index (χ0) is 26.8. The Kier molecular flexibility index (Phi) is 11.7. The van der Waals surface area contributed by atoms with E-state index < -0.39 is 29.9 Å². The molecular formula is C26H35F3N2O4S2. The molecule has 37 heavy (non-hydrogen) atoms. The van der Waals surface area contributed by atoms with E-state index in [0.29, 0.717) is 36.8 Å². The lowest BCUT2D eigenvalue weighted by molar-refractivity contribution is -0.121. The van der Waals surface area contributed by atoms with Crippen LogP contribution >= 0.6 is 23.1 Å². The van der Waals surface area contributed by atoms with Crippen molar-refractivity contribution in [2.75, 3.05) is 25.4 Å². The molecule has 2 aliphatic rings. The average molecular weight is 561 g/mol. The second kappa shape index (κ2) is 14.5. The number of hydrogen-bond acceptors (Lipinski definition) is 8. The number of Topliss-reactive ketones (excluding diaryl/α,β-unsaturated/α-hetero) is 1. The third kappa shape index (κ3) is 9.85. The highest BCUT2D eigenvalue weighted by molar-refractivity contribution is 8.01. The third-order valence-corrected chi connectivity index (χ3v) is 8.99. The van der Waals surface area contributed by atoms with Gasteiger partial charge in [-0.1, -0.05) is 23.9 Å². The number of carbonyl (C=O) groups is 2. The molecule has 2 N–H and O–H groups in total. The van der Waals surface area contributed by atoms with Crippen LogP contribution in [-0.2, 0) is 9.53 Å². The molecule has 1 aromatic heterocycles. The summed E-state index contributed by atoms with van der Waals surface area (Å²) in [4.78, 5) is 29.1. The van der Waals surface area contributed by atoms with E-state index in [1.165, 1.54) is 30.0 Å².